The Bertz CT molecular complexity index is 870. The summed E-state index contributed by atoms with van der Waals surface area (Å²) in [4.78, 5) is 12.2. The van der Waals surface area contributed by atoms with Crippen molar-refractivity contribution in [2.45, 2.75) is 20.0 Å². The zero-order chi connectivity index (χ0) is 20.7. The number of benzene rings is 2. The number of rotatable bonds is 8. The van der Waals surface area contributed by atoms with Gasteiger partial charge in [-0.25, -0.2) is 5.43 Å². The van der Waals surface area contributed by atoms with Crippen molar-refractivity contribution in [3.8, 4) is 23.0 Å². The highest BCUT2D eigenvalue weighted by molar-refractivity contribution is 6.31. The number of nitrogens with one attached hydrogen (secondary N) is 1. The first kappa shape index (κ1) is 21.4. The van der Waals surface area contributed by atoms with Crippen LogP contribution in [0.2, 0.25) is 5.02 Å². The summed E-state index contributed by atoms with van der Waals surface area (Å²) < 4.78 is 21.5. The van der Waals surface area contributed by atoms with Gasteiger partial charge in [-0.3, -0.25) is 4.79 Å². The van der Waals surface area contributed by atoms with Gasteiger partial charge in [0.1, 0.15) is 5.75 Å². The number of aryl methyl sites for hydroxylation is 1. The van der Waals surface area contributed by atoms with Crippen molar-refractivity contribution in [1.29, 1.82) is 0 Å². The predicted octanol–water partition coefficient (Wildman–Crippen LogP) is 3.59. The molecule has 0 aromatic heterocycles. The second-order valence-corrected chi connectivity index (χ2v) is 6.24. The minimum atomic E-state index is -0.745. The van der Waals surface area contributed by atoms with Gasteiger partial charge in [-0.05, 0) is 49.7 Å². The number of hydrazone groups is 1. The summed E-state index contributed by atoms with van der Waals surface area (Å²) >= 11 is 5.99. The molecule has 2 aromatic rings. The number of amides is 1. The molecule has 7 nitrogen and oxygen atoms in total. The molecule has 0 aliphatic rings. The second kappa shape index (κ2) is 9.85. The fraction of sp³-hybridized carbons (Fsp3) is 0.300. The van der Waals surface area contributed by atoms with Crippen LogP contribution in [0.3, 0.4) is 0 Å². The number of carbonyl (C=O) groups is 1. The van der Waals surface area contributed by atoms with Crippen molar-refractivity contribution < 1.29 is 23.7 Å². The van der Waals surface area contributed by atoms with E-state index in [1.807, 2.05) is 6.92 Å². The number of nitrogens with zero attached hydrogens (tertiary/aromatic N) is 1. The van der Waals surface area contributed by atoms with Crippen molar-refractivity contribution in [3.05, 3.63) is 46.5 Å². The van der Waals surface area contributed by atoms with Gasteiger partial charge in [0.05, 0.1) is 27.5 Å². The molecule has 0 heterocycles. The molecule has 0 aliphatic heterocycles. The molecule has 0 unspecified atom stereocenters. The fourth-order valence-corrected chi connectivity index (χ4v) is 2.55. The number of halogens is 1. The van der Waals surface area contributed by atoms with Gasteiger partial charge in [-0.2, -0.15) is 5.10 Å². The van der Waals surface area contributed by atoms with Crippen LogP contribution in [0.15, 0.2) is 35.4 Å². The summed E-state index contributed by atoms with van der Waals surface area (Å²) in [6.45, 7) is 3.49. The fourth-order valence-electron chi connectivity index (χ4n) is 2.43. The molecule has 2 aromatic carbocycles. The number of ether oxygens (including phenoxy) is 4. The van der Waals surface area contributed by atoms with Crippen molar-refractivity contribution in [2.75, 3.05) is 21.3 Å². The van der Waals surface area contributed by atoms with E-state index in [-0.39, 0.29) is 0 Å². The third kappa shape index (κ3) is 5.07. The molecule has 0 aliphatic carbocycles. The number of hydrogen-bond acceptors (Lipinski definition) is 6. The standard InChI is InChI=1S/C20H23ClN2O5/c1-12-10-15(7-8-16(12)21)28-13(2)20(24)23-22-11-14-6-9-17(25-3)19(27-5)18(14)26-4/h6-11,13H,1-5H3,(H,23,24)/t13-/m1/s1. The first-order valence-corrected chi connectivity index (χ1v) is 8.83. The van der Waals surface area contributed by atoms with Crippen LogP contribution in [0.25, 0.3) is 0 Å². The van der Waals surface area contributed by atoms with E-state index in [0.717, 1.165) is 5.56 Å². The molecule has 2 rings (SSSR count). The molecule has 1 N–H and O–H groups in total. The lowest BCUT2D eigenvalue weighted by atomic mass is 10.2. The van der Waals surface area contributed by atoms with Gasteiger partial charge in [0.25, 0.3) is 5.91 Å². The molecule has 0 bridgehead atoms. The van der Waals surface area contributed by atoms with Crippen molar-refractivity contribution in [1.82, 2.24) is 5.43 Å². The number of methoxy groups -OCH3 is 3. The van der Waals surface area contributed by atoms with Gasteiger partial charge in [0.2, 0.25) is 5.75 Å². The van der Waals surface area contributed by atoms with Crippen LogP contribution in [-0.2, 0) is 4.79 Å². The molecule has 0 radical (unpaired) electrons. The van der Waals surface area contributed by atoms with E-state index in [4.69, 9.17) is 30.5 Å². The quantitative estimate of drug-likeness (QED) is 0.535. The van der Waals surface area contributed by atoms with E-state index < -0.39 is 12.0 Å². The maximum atomic E-state index is 12.2. The van der Waals surface area contributed by atoms with E-state index in [1.165, 1.54) is 27.5 Å². The van der Waals surface area contributed by atoms with Crippen LogP contribution in [-0.4, -0.2) is 39.6 Å². The van der Waals surface area contributed by atoms with Gasteiger partial charge >= 0.3 is 0 Å². The summed E-state index contributed by atoms with van der Waals surface area (Å²) in [5, 5.41) is 4.61. The minimum Gasteiger partial charge on any atom is -0.493 e. The highest BCUT2D eigenvalue weighted by Crippen LogP contribution is 2.38. The maximum Gasteiger partial charge on any atom is 0.280 e. The molecule has 8 heteroatoms. The smallest absolute Gasteiger partial charge is 0.280 e. The lowest BCUT2D eigenvalue weighted by molar-refractivity contribution is -0.127. The van der Waals surface area contributed by atoms with Crippen LogP contribution in [0.1, 0.15) is 18.1 Å². The SMILES string of the molecule is COc1ccc(C=NNC(=O)[C@@H](C)Oc2ccc(Cl)c(C)c2)c(OC)c1OC. The van der Waals surface area contributed by atoms with Crippen molar-refractivity contribution in [2.24, 2.45) is 5.10 Å². The molecule has 150 valence electrons. The Morgan fingerprint density at radius 3 is 2.43 bits per heavy atom. The van der Waals surface area contributed by atoms with Crippen LogP contribution >= 0.6 is 11.6 Å². The monoisotopic (exact) mass is 406 g/mol. The summed E-state index contributed by atoms with van der Waals surface area (Å²) in [6, 6.07) is 8.66. The Morgan fingerprint density at radius 1 is 1.11 bits per heavy atom. The molecular formula is C20H23ClN2O5. The van der Waals surface area contributed by atoms with Crippen LogP contribution in [0, 0.1) is 6.92 Å². The molecule has 1 amide bonds. The number of carbonyl (C=O) groups excluding carboxylic acids is 1. The van der Waals surface area contributed by atoms with Crippen LogP contribution < -0.4 is 24.4 Å². The third-order valence-corrected chi connectivity index (χ3v) is 4.35. The zero-order valence-electron chi connectivity index (χ0n) is 16.4. The molecule has 0 spiro atoms. The second-order valence-electron chi connectivity index (χ2n) is 5.83. The molecular weight excluding hydrogens is 384 g/mol. The topological polar surface area (TPSA) is 78.4 Å². The van der Waals surface area contributed by atoms with E-state index >= 15 is 0 Å². The largest absolute Gasteiger partial charge is 0.493 e. The highest BCUT2D eigenvalue weighted by Gasteiger charge is 2.16. The third-order valence-electron chi connectivity index (χ3n) is 3.92. The Balaban J connectivity index is 2.05. The van der Waals surface area contributed by atoms with Gasteiger partial charge < -0.3 is 18.9 Å². The zero-order valence-corrected chi connectivity index (χ0v) is 17.2. The lowest BCUT2D eigenvalue weighted by Crippen LogP contribution is -2.33. The van der Waals surface area contributed by atoms with Crippen molar-refractivity contribution in [3.63, 3.8) is 0 Å². The molecule has 1 atom stereocenters. The Morgan fingerprint density at radius 2 is 1.82 bits per heavy atom. The summed E-state index contributed by atoms with van der Waals surface area (Å²) in [5.41, 5.74) is 3.93. The Kier molecular flexibility index (Phi) is 7.52. The Labute approximate surface area is 169 Å². The molecule has 0 saturated heterocycles. The average Bonchev–Trinajstić information content (AvgIpc) is 2.69. The van der Waals surface area contributed by atoms with Gasteiger partial charge in [0.15, 0.2) is 17.6 Å². The minimum absolute atomic E-state index is 0.400. The first-order chi connectivity index (χ1) is 13.4. The predicted molar refractivity (Wildman–Crippen MR) is 108 cm³/mol. The van der Waals surface area contributed by atoms with Crippen LogP contribution in [0.4, 0.5) is 0 Å². The van der Waals surface area contributed by atoms with E-state index in [0.29, 0.717) is 33.6 Å². The normalized spacial score (nSPS) is 11.8. The van der Waals surface area contributed by atoms with Crippen LogP contribution in [0.5, 0.6) is 23.0 Å². The van der Waals surface area contributed by atoms with E-state index in [2.05, 4.69) is 10.5 Å². The average molecular weight is 407 g/mol. The highest BCUT2D eigenvalue weighted by atomic mass is 35.5. The first-order valence-electron chi connectivity index (χ1n) is 8.46. The summed E-state index contributed by atoms with van der Waals surface area (Å²) in [6.07, 6.45) is 0.711. The van der Waals surface area contributed by atoms with Crippen molar-refractivity contribution >= 4 is 23.7 Å². The summed E-state index contributed by atoms with van der Waals surface area (Å²) in [5.74, 6) is 1.56. The molecule has 0 fully saturated rings. The van der Waals surface area contributed by atoms with E-state index in [9.17, 15) is 4.79 Å². The molecule has 28 heavy (non-hydrogen) atoms. The maximum absolute atomic E-state index is 12.2. The van der Waals surface area contributed by atoms with E-state index in [1.54, 1.807) is 37.3 Å². The number of hydrogen-bond donors (Lipinski definition) is 1. The lowest BCUT2D eigenvalue weighted by Gasteiger charge is -2.14. The van der Waals surface area contributed by atoms with Gasteiger partial charge in [-0.15, -0.1) is 0 Å². The molecule has 0 saturated carbocycles. The Hall–Kier alpha value is -2.93. The van der Waals surface area contributed by atoms with Gasteiger partial charge in [-0.1, -0.05) is 11.6 Å². The summed E-state index contributed by atoms with van der Waals surface area (Å²) in [7, 11) is 4.56. The van der Waals surface area contributed by atoms with Gasteiger partial charge in [0, 0.05) is 10.6 Å².